The second kappa shape index (κ2) is 9.68. The van der Waals surface area contributed by atoms with Gasteiger partial charge in [-0.15, -0.1) is 0 Å². The van der Waals surface area contributed by atoms with Gasteiger partial charge in [0.2, 0.25) is 0 Å². The number of halogens is 1. The van der Waals surface area contributed by atoms with Crippen LogP contribution in [-0.4, -0.2) is 14.2 Å². The third-order valence-electron chi connectivity index (χ3n) is 5.58. The first-order valence-corrected chi connectivity index (χ1v) is 12.9. The van der Waals surface area contributed by atoms with E-state index >= 15 is 0 Å². The van der Waals surface area contributed by atoms with Crippen molar-refractivity contribution < 1.29 is 9.47 Å². The summed E-state index contributed by atoms with van der Waals surface area (Å²) in [6.07, 6.45) is 0.812. The summed E-state index contributed by atoms with van der Waals surface area (Å²) in [5.41, 5.74) is 1.12. The van der Waals surface area contributed by atoms with Crippen molar-refractivity contribution in [2.75, 3.05) is 14.2 Å². The molecule has 2 nitrogen and oxygen atoms in total. The van der Waals surface area contributed by atoms with Gasteiger partial charge >= 0.3 is 0 Å². The van der Waals surface area contributed by atoms with Crippen molar-refractivity contribution in [2.24, 2.45) is 0 Å². The maximum atomic E-state index is 5.86. The average molecular weight is 492 g/mol. The van der Waals surface area contributed by atoms with E-state index < -0.39 is 7.26 Å². The van der Waals surface area contributed by atoms with Gasteiger partial charge in [0.1, 0.15) is 29.3 Å². The molecule has 0 bridgehead atoms. The molecule has 31 heavy (non-hydrogen) atoms. The van der Waals surface area contributed by atoms with Gasteiger partial charge in [-0.25, -0.2) is 0 Å². The van der Waals surface area contributed by atoms with Gasteiger partial charge in [-0.1, -0.05) is 70.5 Å². The molecule has 4 heteroatoms. The third kappa shape index (κ3) is 4.13. The molecule has 0 N–H and O–H groups in total. The van der Waals surface area contributed by atoms with Gasteiger partial charge in [0.15, 0.2) is 11.5 Å². The molecule has 156 valence electrons. The summed E-state index contributed by atoms with van der Waals surface area (Å²) >= 11 is 3.80. The zero-order valence-corrected chi connectivity index (χ0v) is 20.1. The predicted octanol–water partition coefficient (Wildman–Crippen LogP) is 5.96. The summed E-state index contributed by atoms with van der Waals surface area (Å²) in [5.74, 6) is 1.53. The van der Waals surface area contributed by atoms with Crippen molar-refractivity contribution in [3.05, 3.63) is 113 Å². The molecule has 0 heterocycles. The van der Waals surface area contributed by atoms with E-state index in [-0.39, 0.29) is 0 Å². The highest BCUT2D eigenvalue weighted by Crippen LogP contribution is 2.60. The van der Waals surface area contributed by atoms with E-state index in [4.69, 9.17) is 9.47 Å². The first kappa shape index (κ1) is 21.6. The Morgan fingerprint density at radius 1 is 0.613 bits per heavy atom. The Morgan fingerprint density at radius 2 is 1.06 bits per heavy atom. The van der Waals surface area contributed by atoms with E-state index in [0.29, 0.717) is 0 Å². The van der Waals surface area contributed by atoms with E-state index in [1.807, 2.05) is 12.1 Å². The van der Waals surface area contributed by atoms with E-state index in [0.717, 1.165) is 27.7 Å². The molecular weight excluding hydrogens is 467 g/mol. The van der Waals surface area contributed by atoms with Crippen LogP contribution in [0.15, 0.2) is 108 Å². The molecule has 0 aliphatic rings. The Bertz CT molecular complexity index is 1040. The molecular formula is C27H25BrO2P+. The molecule has 0 radical (unpaired) electrons. The van der Waals surface area contributed by atoms with Crippen LogP contribution in [0, 0.1) is 0 Å². The molecule has 4 rings (SSSR count). The highest BCUT2D eigenvalue weighted by molar-refractivity contribution is 9.10. The summed E-state index contributed by atoms with van der Waals surface area (Å²) in [4.78, 5) is 0. The van der Waals surface area contributed by atoms with E-state index in [9.17, 15) is 0 Å². The van der Waals surface area contributed by atoms with Crippen LogP contribution >= 0.6 is 23.2 Å². The smallest absolute Gasteiger partial charge is 0.168 e. The van der Waals surface area contributed by atoms with Gasteiger partial charge in [0.05, 0.1) is 19.8 Å². The number of hydrogen-bond acceptors (Lipinski definition) is 2. The molecule has 4 aromatic carbocycles. The van der Waals surface area contributed by atoms with Crippen LogP contribution in [0.4, 0.5) is 0 Å². The summed E-state index contributed by atoms with van der Waals surface area (Å²) < 4.78 is 12.5. The van der Waals surface area contributed by atoms with Crippen molar-refractivity contribution in [2.45, 2.75) is 6.16 Å². The molecule has 0 atom stereocenters. The highest BCUT2D eigenvalue weighted by Gasteiger charge is 2.46. The van der Waals surface area contributed by atoms with Gasteiger partial charge in [0.25, 0.3) is 0 Å². The van der Waals surface area contributed by atoms with Crippen molar-refractivity contribution >= 4 is 39.1 Å². The number of rotatable bonds is 7. The summed E-state index contributed by atoms with van der Waals surface area (Å²) in [5, 5.41) is 4.01. The fourth-order valence-corrected chi connectivity index (χ4v) is 9.06. The van der Waals surface area contributed by atoms with E-state index in [2.05, 4.69) is 107 Å². The Morgan fingerprint density at radius 3 is 1.45 bits per heavy atom. The first-order valence-electron chi connectivity index (χ1n) is 10.1. The lowest BCUT2D eigenvalue weighted by molar-refractivity contribution is 0.352. The van der Waals surface area contributed by atoms with Crippen molar-refractivity contribution in [1.29, 1.82) is 0 Å². The van der Waals surface area contributed by atoms with Crippen molar-refractivity contribution in [3.63, 3.8) is 0 Å². The molecule has 0 aliphatic heterocycles. The van der Waals surface area contributed by atoms with Crippen LogP contribution in [-0.2, 0) is 6.16 Å². The average Bonchev–Trinajstić information content (AvgIpc) is 2.85. The maximum absolute atomic E-state index is 5.86. The SMILES string of the molecule is COc1ccc(Br)c(C[P+](c2ccccc2)(c2ccccc2)c2ccccc2)c1OC. The first-order chi connectivity index (χ1) is 15.2. The van der Waals surface area contributed by atoms with Crippen LogP contribution < -0.4 is 25.4 Å². The van der Waals surface area contributed by atoms with Crippen LogP contribution in [0.3, 0.4) is 0 Å². The summed E-state index contributed by atoms with van der Waals surface area (Å²) in [6.45, 7) is 0. The zero-order valence-electron chi connectivity index (χ0n) is 17.7. The Balaban J connectivity index is 2.05. The Labute approximate surface area is 193 Å². The minimum atomic E-state index is -2.04. The maximum Gasteiger partial charge on any atom is 0.168 e. The quantitative estimate of drug-likeness (QED) is 0.297. The lowest BCUT2D eigenvalue weighted by atomic mass is 10.2. The Hall–Kier alpha value is -2.61. The number of ether oxygens (including phenoxy) is 2. The Kier molecular flexibility index (Phi) is 6.75. The largest absolute Gasteiger partial charge is 0.493 e. The van der Waals surface area contributed by atoms with Gasteiger partial charge in [0, 0.05) is 4.47 Å². The lowest BCUT2D eigenvalue weighted by Gasteiger charge is -2.29. The minimum Gasteiger partial charge on any atom is -0.493 e. The lowest BCUT2D eigenvalue weighted by Crippen LogP contribution is -2.32. The second-order valence-corrected chi connectivity index (χ2v) is 11.6. The standard InChI is InChI=1S/C27H25BrO2P/c1-29-26-19-18-25(28)24(27(26)30-2)20-31(21-12-6-3-7-13-21,22-14-8-4-9-15-22)23-16-10-5-11-17-23/h3-19H,20H2,1-2H3/q+1. The van der Waals surface area contributed by atoms with Crippen LogP contribution in [0.2, 0.25) is 0 Å². The van der Waals surface area contributed by atoms with Crippen molar-refractivity contribution in [1.82, 2.24) is 0 Å². The molecule has 0 aliphatic carbocycles. The highest BCUT2D eigenvalue weighted by atomic mass is 79.9. The van der Waals surface area contributed by atoms with E-state index in [1.54, 1.807) is 14.2 Å². The monoisotopic (exact) mass is 491 g/mol. The fourth-order valence-electron chi connectivity index (χ4n) is 4.12. The summed E-state index contributed by atoms with van der Waals surface area (Å²) in [7, 11) is 1.36. The van der Waals surface area contributed by atoms with Crippen LogP contribution in [0.25, 0.3) is 0 Å². The second-order valence-electron chi connectivity index (χ2n) is 7.24. The molecule has 4 aromatic rings. The van der Waals surface area contributed by atoms with Crippen molar-refractivity contribution in [3.8, 4) is 11.5 Å². The van der Waals surface area contributed by atoms with Gasteiger partial charge in [-0.2, -0.15) is 0 Å². The minimum absolute atomic E-state index is 0.744. The van der Waals surface area contributed by atoms with Gasteiger partial charge < -0.3 is 9.47 Å². The molecule has 0 fully saturated rings. The van der Waals surface area contributed by atoms with Crippen LogP contribution in [0.1, 0.15) is 5.56 Å². The number of methoxy groups -OCH3 is 2. The fraction of sp³-hybridized carbons (Fsp3) is 0.111. The zero-order chi connectivity index (χ0) is 21.7. The van der Waals surface area contributed by atoms with Gasteiger partial charge in [-0.3, -0.25) is 0 Å². The molecule has 0 saturated carbocycles. The molecule has 0 amide bonds. The molecule has 0 aromatic heterocycles. The van der Waals surface area contributed by atoms with Gasteiger partial charge in [-0.05, 0) is 48.5 Å². The predicted molar refractivity (Wildman–Crippen MR) is 136 cm³/mol. The molecule has 0 saturated heterocycles. The number of hydrogen-bond donors (Lipinski definition) is 0. The summed E-state index contributed by atoms with van der Waals surface area (Å²) in [6, 6.07) is 36.6. The topological polar surface area (TPSA) is 18.5 Å². The molecule has 0 unspecified atom stereocenters. The number of benzene rings is 4. The molecule has 0 spiro atoms. The van der Waals surface area contributed by atoms with E-state index in [1.165, 1.54) is 15.9 Å². The van der Waals surface area contributed by atoms with Crippen LogP contribution in [0.5, 0.6) is 11.5 Å². The third-order valence-corrected chi connectivity index (χ3v) is 10.7. The normalized spacial score (nSPS) is 11.2.